The van der Waals surface area contributed by atoms with E-state index >= 15 is 4.39 Å². The zero-order valence-electron chi connectivity index (χ0n) is 42.8. The van der Waals surface area contributed by atoms with Crippen LogP contribution in [0.5, 0.6) is 5.75 Å². The van der Waals surface area contributed by atoms with Crippen molar-refractivity contribution in [2.45, 2.75) is 50.6 Å². The quantitative estimate of drug-likeness (QED) is 0.0859. The molecular formula is C53H59ClFN14O6P. The number of piperazine rings is 1. The van der Waals surface area contributed by atoms with Gasteiger partial charge in [0.15, 0.2) is 5.82 Å². The van der Waals surface area contributed by atoms with Crippen LogP contribution in [0.1, 0.15) is 59.2 Å². The summed E-state index contributed by atoms with van der Waals surface area (Å²) in [6, 6.07) is 9.67. The first-order chi connectivity index (χ1) is 36.6. The van der Waals surface area contributed by atoms with Crippen molar-refractivity contribution >= 4 is 93.2 Å². The fraction of sp³-hybridized carbons (Fsp3) is 0.415. The summed E-state index contributed by atoms with van der Waals surface area (Å²) in [6.07, 6.45) is 12.8. The van der Waals surface area contributed by atoms with Crippen LogP contribution in [-0.4, -0.2) is 159 Å². The Morgan fingerprint density at radius 1 is 0.803 bits per heavy atom. The molecule has 3 aromatic carbocycles. The second kappa shape index (κ2) is 20.8. The lowest BCUT2D eigenvalue weighted by molar-refractivity contribution is -0.136. The van der Waals surface area contributed by atoms with Crippen molar-refractivity contribution < 1.29 is 32.9 Å². The lowest BCUT2D eigenvalue weighted by Gasteiger charge is -2.44. The highest BCUT2D eigenvalue weighted by atomic mass is 35.5. The van der Waals surface area contributed by atoms with E-state index in [4.69, 9.17) is 21.3 Å². The molecule has 0 spiro atoms. The van der Waals surface area contributed by atoms with Gasteiger partial charge in [0, 0.05) is 107 Å². The number of halogens is 2. The highest BCUT2D eigenvalue weighted by Crippen LogP contribution is 2.44. The van der Waals surface area contributed by atoms with Gasteiger partial charge >= 0.3 is 0 Å². The average Bonchev–Trinajstić information content (AvgIpc) is 3.99. The fourth-order valence-electron chi connectivity index (χ4n) is 11.6. The SMILES string of the molecule is COc1cc(N2CCC(N3CCC(CN4CCN(c5cc6c(cc5F)C(=O)N([C@@H]5CCC(=O)NC5=O)C6=O)CC4)CC3)CC2)c(-c2cnn(C)c2)cc1Nc1ncc(Cl)c(Nc2ccc3nccnc3c2P(C)(C)=O)n1. The number of carbonyl (C=O) groups is 4. The summed E-state index contributed by atoms with van der Waals surface area (Å²) >= 11 is 6.68. The zero-order chi connectivity index (χ0) is 53.0. The lowest BCUT2D eigenvalue weighted by Crippen LogP contribution is -2.54. The molecule has 0 saturated carbocycles. The Hall–Kier alpha value is -7.06. The smallest absolute Gasteiger partial charge is 0.262 e. The van der Waals surface area contributed by atoms with E-state index in [9.17, 15) is 23.7 Å². The Kier molecular flexibility index (Phi) is 14.0. The van der Waals surface area contributed by atoms with Crippen LogP contribution >= 0.6 is 18.7 Å². The number of hydrogen-bond acceptors (Lipinski definition) is 17. The second-order valence-electron chi connectivity index (χ2n) is 20.6. The van der Waals surface area contributed by atoms with Crippen LogP contribution in [0, 0.1) is 11.7 Å². The molecular weight excluding hydrogens is 1010 g/mol. The molecule has 3 aromatic heterocycles. The van der Waals surface area contributed by atoms with Crippen LogP contribution in [0.2, 0.25) is 5.02 Å². The number of imide groups is 2. The number of nitrogens with zero attached hydrogens (tertiary/aromatic N) is 11. The van der Waals surface area contributed by atoms with Crippen LogP contribution in [0.4, 0.5) is 38.9 Å². The number of piperidine rings is 3. The molecule has 5 aliphatic rings. The molecule has 0 radical (unpaired) electrons. The van der Waals surface area contributed by atoms with Crippen molar-refractivity contribution in [1.82, 2.24) is 49.7 Å². The number of aromatic nitrogens is 6. The zero-order valence-corrected chi connectivity index (χ0v) is 44.4. The summed E-state index contributed by atoms with van der Waals surface area (Å²) in [5, 5.41) is 14.2. The summed E-state index contributed by atoms with van der Waals surface area (Å²) in [5.74, 6) is -1.34. The summed E-state index contributed by atoms with van der Waals surface area (Å²) in [7, 11) is 0.696. The van der Waals surface area contributed by atoms with Gasteiger partial charge in [-0.1, -0.05) is 11.6 Å². The summed E-state index contributed by atoms with van der Waals surface area (Å²) in [4.78, 5) is 79.4. The topological polar surface area (TPSA) is 216 Å². The third kappa shape index (κ3) is 10.1. The Morgan fingerprint density at radius 2 is 1.53 bits per heavy atom. The van der Waals surface area contributed by atoms with E-state index in [1.807, 2.05) is 42.5 Å². The summed E-state index contributed by atoms with van der Waals surface area (Å²) in [5.41, 5.74) is 5.66. The molecule has 396 valence electrons. The number of carbonyl (C=O) groups excluding carboxylic acids is 4. The van der Waals surface area contributed by atoms with Crippen LogP contribution in [-0.2, 0) is 21.2 Å². The molecule has 4 saturated heterocycles. The van der Waals surface area contributed by atoms with Gasteiger partial charge in [-0.05, 0) is 94.8 Å². The van der Waals surface area contributed by atoms with Crippen molar-refractivity contribution in [2.75, 3.05) is 99.8 Å². The Balaban J connectivity index is 0.704. The minimum atomic E-state index is -2.85. The molecule has 4 amide bonds. The first kappa shape index (κ1) is 51.1. The normalized spacial score (nSPS) is 19.4. The van der Waals surface area contributed by atoms with Gasteiger partial charge in [0.05, 0.1) is 58.5 Å². The van der Waals surface area contributed by atoms with Gasteiger partial charge in [-0.25, -0.2) is 9.37 Å². The molecule has 1 atom stereocenters. The number of fused-ring (bicyclic) bond motifs is 2. The number of amides is 4. The minimum absolute atomic E-state index is 0.0151. The highest BCUT2D eigenvalue weighted by Gasteiger charge is 2.45. The number of rotatable bonds is 13. The average molecular weight is 1070 g/mol. The van der Waals surface area contributed by atoms with E-state index in [-0.39, 0.29) is 40.6 Å². The molecule has 0 unspecified atom stereocenters. The van der Waals surface area contributed by atoms with Crippen molar-refractivity contribution in [3.05, 3.63) is 89.3 Å². The van der Waals surface area contributed by atoms with Crippen molar-refractivity contribution in [3.63, 3.8) is 0 Å². The lowest BCUT2D eigenvalue weighted by atomic mass is 9.92. The van der Waals surface area contributed by atoms with Crippen molar-refractivity contribution in [2.24, 2.45) is 13.0 Å². The minimum Gasteiger partial charge on any atom is -0.494 e. The van der Waals surface area contributed by atoms with E-state index in [0.717, 1.165) is 99.3 Å². The number of hydrogen-bond donors (Lipinski definition) is 3. The summed E-state index contributed by atoms with van der Waals surface area (Å²) < 4.78 is 37.1. The first-order valence-corrected chi connectivity index (χ1v) is 28.7. The van der Waals surface area contributed by atoms with Gasteiger partial charge < -0.3 is 34.6 Å². The number of methoxy groups -OCH3 is 1. The Labute approximate surface area is 443 Å². The van der Waals surface area contributed by atoms with Gasteiger partial charge in [0.25, 0.3) is 11.8 Å². The Bertz CT molecular complexity index is 3330. The number of benzene rings is 3. The van der Waals surface area contributed by atoms with Crippen LogP contribution in [0.3, 0.4) is 0 Å². The molecule has 8 heterocycles. The predicted molar refractivity (Wildman–Crippen MR) is 289 cm³/mol. The standard InChI is InChI=1S/C53H59ClFN14O6P/c1-64-30-32(27-59-64)34-24-41(61-53-58-28-37(54)49(63-53)60-40-6-5-39-47(57-14-13-56-39)48(40)76(3,4)74)45(75-2)26-43(34)67-17-11-33(12-18-67)66-15-9-31(10-16-66)29-65-19-21-68(22-20-65)44-25-36-35(23-38(44)55)51(72)69(52(36)73)42-7-8-46(70)62-50(42)71/h5-6,13-14,23-28,30-31,33,42H,7-12,15-22,29H2,1-4H3,(H,62,70,71)(H2,58,60,61,63)/t42-/m1/s1. The predicted octanol–water partition coefficient (Wildman–Crippen LogP) is 6.26. The second-order valence-corrected chi connectivity index (χ2v) is 24.2. The van der Waals surface area contributed by atoms with Crippen molar-refractivity contribution in [1.29, 1.82) is 0 Å². The maximum absolute atomic E-state index is 15.6. The third-order valence-corrected chi connectivity index (χ3v) is 17.2. The molecule has 76 heavy (non-hydrogen) atoms. The van der Waals surface area contributed by atoms with Gasteiger partial charge in [-0.2, -0.15) is 10.1 Å². The van der Waals surface area contributed by atoms with E-state index in [1.165, 1.54) is 12.3 Å². The number of aryl methyl sites for hydroxylation is 1. The number of nitrogens with one attached hydrogen (secondary N) is 3. The number of likely N-dealkylation sites (tertiary alicyclic amines) is 1. The van der Waals surface area contributed by atoms with E-state index < -0.39 is 42.6 Å². The fourth-order valence-corrected chi connectivity index (χ4v) is 13.1. The van der Waals surface area contributed by atoms with Crippen molar-refractivity contribution in [3.8, 4) is 16.9 Å². The molecule has 20 nitrogen and oxygen atoms in total. The molecule has 5 aliphatic heterocycles. The molecule has 4 fully saturated rings. The molecule has 3 N–H and O–H groups in total. The molecule has 0 bridgehead atoms. The first-order valence-electron chi connectivity index (χ1n) is 25.7. The molecule has 0 aliphatic carbocycles. The number of anilines is 6. The van der Waals surface area contributed by atoms with Gasteiger partial charge in [-0.3, -0.25) is 48.9 Å². The Morgan fingerprint density at radius 3 is 2.22 bits per heavy atom. The van der Waals surface area contributed by atoms with Gasteiger partial charge in [-0.15, -0.1) is 0 Å². The van der Waals surface area contributed by atoms with Crippen LogP contribution in [0.25, 0.3) is 22.2 Å². The van der Waals surface area contributed by atoms with Gasteiger partial charge in [0.1, 0.15) is 35.3 Å². The largest absolute Gasteiger partial charge is 0.494 e. The van der Waals surface area contributed by atoms with Gasteiger partial charge in [0.2, 0.25) is 17.8 Å². The highest BCUT2D eigenvalue weighted by molar-refractivity contribution is 7.71. The van der Waals surface area contributed by atoms with E-state index in [0.29, 0.717) is 64.3 Å². The molecule has 6 aromatic rings. The van der Waals surface area contributed by atoms with E-state index in [1.54, 1.807) is 37.5 Å². The number of ether oxygens (including phenoxy) is 1. The summed E-state index contributed by atoms with van der Waals surface area (Å²) in [6.45, 7) is 10.8. The maximum atomic E-state index is 15.6. The van der Waals surface area contributed by atoms with E-state index in [2.05, 4.69) is 56.8 Å². The van der Waals surface area contributed by atoms with Crippen LogP contribution < -0.4 is 35.8 Å². The maximum Gasteiger partial charge on any atom is 0.262 e. The molecule has 23 heteroatoms. The van der Waals surface area contributed by atoms with Crippen LogP contribution in [0.15, 0.2) is 67.4 Å². The molecule has 11 rings (SSSR count). The third-order valence-electron chi connectivity index (χ3n) is 15.4. The monoisotopic (exact) mass is 1070 g/mol.